The second-order valence-electron chi connectivity index (χ2n) is 6.40. The first-order valence-electron chi connectivity index (χ1n) is 8.62. The normalized spacial score (nSPS) is 10.7. The molecule has 2 rings (SSSR count). The topological polar surface area (TPSA) is 56.6 Å². The van der Waals surface area contributed by atoms with Crippen LogP contribution in [-0.2, 0) is 24.8 Å². The molecule has 0 aliphatic heterocycles. The molecule has 0 spiro atoms. The van der Waals surface area contributed by atoms with Gasteiger partial charge in [-0.2, -0.15) is 5.10 Å². The van der Waals surface area contributed by atoms with E-state index in [1.54, 1.807) is 22.9 Å². The van der Waals surface area contributed by atoms with Crippen LogP contribution in [0.4, 0.5) is 0 Å². The van der Waals surface area contributed by atoms with Crippen molar-refractivity contribution in [1.29, 1.82) is 0 Å². The number of hydrogen-bond acceptors (Lipinski definition) is 4. The summed E-state index contributed by atoms with van der Waals surface area (Å²) in [6, 6.07) is 5.73. The number of benzene rings is 1. The Morgan fingerprint density at radius 2 is 2.12 bits per heavy atom. The summed E-state index contributed by atoms with van der Waals surface area (Å²) in [7, 11) is 3.45. The Hall–Kier alpha value is -2.76. The van der Waals surface area contributed by atoms with Crippen LogP contribution in [0.2, 0.25) is 0 Å². The maximum Gasteiger partial charge on any atom is 0.261 e. The standard InChI is InChI=1S/C20H27N3O3/c1-6-7-16-8-9-18(19(10-16)25-5)26-14-20(24)23(15(2)3)13-17-11-21-22(4)12-17/h6,8-12,15H,1,7,13-14H2,2-5H3. The van der Waals surface area contributed by atoms with Crippen molar-refractivity contribution in [2.45, 2.75) is 32.9 Å². The number of hydrogen-bond donors (Lipinski definition) is 0. The van der Waals surface area contributed by atoms with Gasteiger partial charge in [0.05, 0.1) is 13.3 Å². The van der Waals surface area contributed by atoms with Gasteiger partial charge in [-0.15, -0.1) is 6.58 Å². The number of carbonyl (C=O) groups excluding carboxylic acids is 1. The zero-order valence-electron chi connectivity index (χ0n) is 15.9. The molecule has 0 N–H and O–H groups in total. The first-order valence-corrected chi connectivity index (χ1v) is 8.62. The highest BCUT2D eigenvalue weighted by Crippen LogP contribution is 2.28. The summed E-state index contributed by atoms with van der Waals surface area (Å²) in [5.41, 5.74) is 2.07. The molecule has 0 fully saturated rings. The van der Waals surface area contributed by atoms with Crippen molar-refractivity contribution in [2.75, 3.05) is 13.7 Å². The largest absolute Gasteiger partial charge is 0.493 e. The average Bonchev–Trinajstić information content (AvgIpc) is 3.03. The van der Waals surface area contributed by atoms with Crippen LogP contribution < -0.4 is 9.47 Å². The van der Waals surface area contributed by atoms with Gasteiger partial charge in [-0.1, -0.05) is 12.1 Å². The van der Waals surface area contributed by atoms with E-state index in [-0.39, 0.29) is 18.6 Å². The van der Waals surface area contributed by atoms with E-state index in [1.165, 1.54) is 0 Å². The number of methoxy groups -OCH3 is 1. The molecule has 26 heavy (non-hydrogen) atoms. The molecular weight excluding hydrogens is 330 g/mol. The summed E-state index contributed by atoms with van der Waals surface area (Å²) in [6.07, 6.45) is 6.26. The number of rotatable bonds is 9. The Bertz CT molecular complexity index is 753. The number of ether oxygens (including phenoxy) is 2. The quantitative estimate of drug-likeness (QED) is 0.648. The third-order valence-corrected chi connectivity index (χ3v) is 4.01. The minimum Gasteiger partial charge on any atom is -0.493 e. The van der Waals surface area contributed by atoms with Crippen molar-refractivity contribution < 1.29 is 14.3 Å². The van der Waals surface area contributed by atoms with Gasteiger partial charge in [0.25, 0.3) is 5.91 Å². The van der Waals surface area contributed by atoms with Crippen molar-refractivity contribution in [2.24, 2.45) is 7.05 Å². The molecule has 1 heterocycles. The number of aromatic nitrogens is 2. The minimum atomic E-state index is -0.0823. The zero-order valence-corrected chi connectivity index (χ0v) is 15.9. The summed E-state index contributed by atoms with van der Waals surface area (Å²) < 4.78 is 12.8. The van der Waals surface area contributed by atoms with E-state index in [4.69, 9.17) is 9.47 Å². The van der Waals surface area contributed by atoms with Crippen LogP contribution in [0.25, 0.3) is 0 Å². The summed E-state index contributed by atoms with van der Waals surface area (Å²) in [6.45, 7) is 8.16. The van der Waals surface area contributed by atoms with Crippen LogP contribution in [0.1, 0.15) is 25.0 Å². The molecule has 6 heteroatoms. The van der Waals surface area contributed by atoms with Gasteiger partial charge in [0, 0.05) is 31.4 Å². The molecule has 0 aliphatic carbocycles. The SMILES string of the molecule is C=CCc1ccc(OCC(=O)N(Cc2cnn(C)c2)C(C)C)c(OC)c1. The van der Waals surface area contributed by atoms with E-state index < -0.39 is 0 Å². The lowest BCUT2D eigenvalue weighted by Gasteiger charge is -2.26. The fraction of sp³-hybridized carbons (Fsp3) is 0.400. The van der Waals surface area contributed by atoms with Crippen molar-refractivity contribution in [1.82, 2.24) is 14.7 Å². The van der Waals surface area contributed by atoms with Crippen LogP contribution in [0.15, 0.2) is 43.2 Å². The van der Waals surface area contributed by atoms with Crippen LogP contribution >= 0.6 is 0 Å². The highest BCUT2D eigenvalue weighted by Gasteiger charge is 2.19. The molecule has 1 aromatic carbocycles. The molecule has 0 bridgehead atoms. The molecule has 0 saturated heterocycles. The van der Waals surface area contributed by atoms with Crippen LogP contribution in [0.5, 0.6) is 11.5 Å². The van der Waals surface area contributed by atoms with Gasteiger partial charge in [-0.3, -0.25) is 9.48 Å². The van der Waals surface area contributed by atoms with Gasteiger partial charge < -0.3 is 14.4 Å². The van der Waals surface area contributed by atoms with Crippen molar-refractivity contribution >= 4 is 5.91 Å². The van der Waals surface area contributed by atoms with Gasteiger partial charge in [-0.05, 0) is 38.0 Å². The number of amides is 1. The smallest absolute Gasteiger partial charge is 0.261 e. The van der Waals surface area contributed by atoms with E-state index in [9.17, 15) is 4.79 Å². The number of allylic oxidation sites excluding steroid dienone is 1. The molecule has 0 aliphatic rings. The maximum absolute atomic E-state index is 12.7. The van der Waals surface area contributed by atoms with E-state index in [0.717, 1.165) is 17.5 Å². The summed E-state index contributed by atoms with van der Waals surface area (Å²) in [4.78, 5) is 14.4. The van der Waals surface area contributed by atoms with E-state index >= 15 is 0 Å². The predicted octanol–water partition coefficient (Wildman–Crippen LogP) is 2.97. The average molecular weight is 357 g/mol. The third-order valence-electron chi connectivity index (χ3n) is 4.01. The van der Waals surface area contributed by atoms with Crippen LogP contribution in [0.3, 0.4) is 0 Å². The van der Waals surface area contributed by atoms with Crippen molar-refractivity contribution in [3.8, 4) is 11.5 Å². The van der Waals surface area contributed by atoms with Crippen molar-refractivity contribution in [3.63, 3.8) is 0 Å². The molecule has 0 unspecified atom stereocenters. The highest BCUT2D eigenvalue weighted by molar-refractivity contribution is 5.78. The number of nitrogens with zero attached hydrogens (tertiary/aromatic N) is 3. The Morgan fingerprint density at radius 3 is 2.69 bits per heavy atom. The zero-order chi connectivity index (χ0) is 19.1. The maximum atomic E-state index is 12.7. The van der Waals surface area contributed by atoms with Crippen molar-refractivity contribution in [3.05, 3.63) is 54.4 Å². The molecule has 0 atom stereocenters. The Kier molecular flexibility index (Phi) is 6.83. The van der Waals surface area contributed by atoms with Gasteiger partial charge in [0.2, 0.25) is 0 Å². The highest BCUT2D eigenvalue weighted by atomic mass is 16.5. The lowest BCUT2D eigenvalue weighted by atomic mass is 10.1. The molecule has 2 aromatic rings. The van der Waals surface area contributed by atoms with Gasteiger partial charge in [0.1, 0.15) is 0 Å². The first-order chi connectivity index (χ1) is 12.4. The lowest BCUT2D eigenvalue weighted by molar-refractivity contribution is -0.135. The second-order valence-corrected chi connectivity index (χ2v) is 6.40. The molecular formula is C20H27N3O3. The molecule has 6 nitrogen and oxygen atoms in total. The monoisotopic (exact) mass is 357 g/mol. The Balaban J connectivity index is 2.04. The van der Waals surface area contributed by atoms with Gasteiger partial charge >= 0.3 is 0 Å². The van der Waals surface area contributed by atoms with Gasteiger partial charge in [-0.25, -0.2) is 0 Å². The third kappa shape index (κ3) is 5.12. The minimum absolute atomic E-state index is 0.0460. The first kappa shape index (κ1) is 19.6. The van der Waals surface area contributed by atoms with E-state index in [2.05, 4.69) is 11.7 Å². The number of aryl methyl sites for hydroxylation is 1. The summed E-state index contributed by atoms with van der Waals surface area (Å²) in [5.74, 6) is 1.08. The van der Waals surface area contributed by atoms with E-state index in [1.807, 2.05) is 51.4 Å². The fourth-order valence-corrected chi connectivity index (χ4v) is 2.66. The Labute approximate surface area is 155 Å². The molecule has 1 amide bonds. The second kappa shape index (κ2) is 9.08. The summed E-state index contributed by atoms with van der Waals surface area (Å²) in [5, 5.41) is 4.15. The van der Waals surface area contributed by atoms with Crippen LogP contribution in [-0.4, -0.2) is 40.3 Å². The molecule has 1 aromatic heterocycles. The summed E-state index contributed by atoms with van der Waals surface area (Å²) >= 11 is 0. The van der Waals surface area contributed by atoms with Gasteiger partial charge in [0.15, 0.2) is 18.1 Å². The molecule has 140 valence electrons. The molecule has 0 saturated carbocycles. The lowest BCUT2D eigenvalue weighted by Crippen LogP contribution is -2.39. The van der Waals surface area contributed by atoms with Crippen LogP contribution in [0, 0.1) is 0 Å². The Morgan fingerprint density at radius 1 is 1.35 bits per heavy atom. The number of carbonyl (C=O) groups is 1. The molecule has 0 radical (unpaired) electrons. The fourth-order valence-electron chi connectivity index (χ4n) is 2.66. The van der Waals surface area contributed by atoms with E-state index in [0.29, 0.717) is 18.0 Å². The predicted molar refractivity (Wildman–Crippen MR) is 101 cm³/mol.